The minimum Gasteiger partial charge on any atom is -0.339 e. The van der Waals surface area contributed by atoms with Crippen LogP contribution in [0.2, 0.25) is 0 Å². The lowest BCUT2D eigenvalue weighted by Gasteiger charge is -2.22. The fourth-order valence-electron chi connectivity index (χ4n) is 4.00. The molecule has 4 rings (SSSR count). The lowest BCUT2D eigenvalue weighted by atomic mass is 10.0. The summed E-state index contributed by atoms with van der Waals surface area (Å²) in [7, 11) is 0. The van der Waals surface area contributed by atoms with Gasteiger partial charge in [-0.3, -0.25) is 14.7 Å². The highest BCUT2D eigenvalue weighted by Crippen LogP contribution is 2.30. The molecule has 0 aliphatic carbocycles. The Labute approximate surface area is 157 Å². The van der Waals surface area contributed by atoms with E-state index in [0.717, 1.165) is 27.7 Å². The van der Waals surface area contributed by atoms with Gasteiger partial charge in [0.2, 0.25) is 5.91 Å². The quantitative estimate of drug-likeness (QED) is 0.752. The van der Waals surface area contributed by atoms with Crippen LogP contribution in [0.3, 0.4) is 0 Å². The number of nitrogens with one attached hydrogen (secondary N) is 2. The van der Waals surface area contributed by atoms with E-state index in [2.05, 4.69) is 27.6 Å². The number of anilines is 1. The van der Waals surface area contributed by atoms with Gasteiger partial charge >= 0.3 is 0 Å². The second kappa shape index (κ2) is 6.54. The molecule has 1 unspecified atom stereocenters. The van der Waals surface area contributed by atoms with E-state index >= 15 is 0 Å². The summed E-state index contributed by atoms with van der Waals surface area (Å²) in [6.45, 7) is 6.68. The fourth-order valence-corrected chi connectivity index (χ4v) is 4.00. The summed E-state index contributed by atoms with van der Waals surface area (Å²) in [4.78, 5) is 27.4. The van der Waals surface area contributed by atoms with Crippen LogP contribution in [0.15, 0.2) is 36.4 Å². The number of nitrogens with zero attached hydrogens (tertiary/aromatic N) is 2. The van der Waals surface area contributed by atoms with Gasteiger partial charge in [-0.25, -0.2) is 0 Å². The monoisotopic (exact) mass is 362 g/mol. The van der Waals surface area contributed by atoms with Gasteiger partial charge < -0.3 is 10.2 Å². The Balaban J connectivity index is 1.55. The molecule has 1 atom stereocenters. The predicted octanol–water partition coefficient (Wildman–Crippen LogP) is 3.02. The van der Waals surface area contributed by atoms with Gasteiger partial charge in [-0.1, -0.05) is 35.9 Å². The summed E-state index contributed by atoms with van der Waals surface area (Å²) >= 11 is 0. The van der Waals surface area contributed by atoms with Gasteiger partial charge in [0.05, 0.1) is 5.52 Å². The molecule has 1 aliphatic rings. The van der Waals surface area contributed by atoms with E-state index in [-0.39, 0.29) is 11.8 Å². The van der Waals surface area contributed by atoms with Crippen LogP contribution in [0.4, 0.5) is 5.69 Å². The van der Waals surface area contributed by atoms with Crippen molar-refractivity contribution in [3.8, 4) is 0 Å². The number of aromatic amines is 1. The highest BCUT2D eigenvalue weighted by atomic mass is 16.2. The molecular weight excluding hydrogens is 340 g/mol. The van der Waals surface area contributed by atoms with Crippen LogP contribution in [0.25, 0.3) is 10.9 Å². The minimum absolute atomic E-state index is 0.0711. The summed E-state index contributed by atoms with van der Waals surface area (Å²) in [6, 6.07) is 11.1. The van der Waals surface area contributed by atoms with Gasteiger partial charge in [0.25, 0.3) is 5.91 Å². The van der Waals surface area contributed by atoms with Crippen LogP contribution in [-0.4, -0.2) is 34.6 Å². The van der Waals surface area contributed by atoms with Crippen molar-refractivity contribution in [2.45, 2.75) is 33.2 Å². The lowest BCUT2D eigenvalue weighted by Crippen LogP contribution is -2.42. The van der Waals surface area contributed by atoms with Crippen molar-refractivity contribution < 1.29 is 9.59 Å². The number of carbonyl (C=O) groups is 2. The fraction of sp³-hybridized carbons (Fsp3) is 0.286. The van der Waals surface area contributed by atoms with Crippen molar-refractivity contribution in [3.05, 3.63) is 58.8 Å². The van der Waals surface area contributed by atoms with Crippen LogP contribution in [0.5, 0.6) is 0 Å². The number of H-pyrrole nitrogens is 1. The summed E-state index contributed by atoms with van der Waals surface area (Å²) < 4.78 is 0. The van der Waals surface area contributed by atoms with Gasteiger partial charge in [-0.15, -0.1) is 0 Å². The smallest absolute Gasteiger partial charge is 0.273 e. The van der Waals surface area contributed by atoms with Crippen LogP contribution in [-0.2, 0) is 4.79 Å². The van der Waals surface area contributed by atoms with Crippen molar-refractivity contribution in [2.24, 2.45) is 0 Å². The summed E-state index contributed by atoms with van der Waals surface area (Å²) in [5, 5.41) is 10.6. The molecule has 1 aliphatic heterocycles. The average Bonchev–Trinajstić information content (AvgIpc) is 3.19. The van der Waals surface area contributed by atoms with Gasteiger partial charge in [-0.05, 0) is 44.4 Å². The van der Waals surface area contributed by atoms with E-state index in [4.69, 9.17) is 0 Å². The van der Waals surface area contributed by atoms with Crippen molar-refractivity contribution in [2.75, 3.05) is 11.4 Å². The number of benzene rings is 2. The van der Waals surface area contributed by atoms with Crippen LogP contribution in [0, 0.1) is 20.8 Å². The number of fused-ring (bicyclic) bond motifs is 1. The number of amides is 2. The maximum Gasteiger partial charge on any atom is 0.273 e. The van der Waals surface area contributed by atoms with Crippen molar-refractivity contribution >= 4 is 28.4 Å². The number of aromatic nitrogens is 2. The summed E-state index contributed by atoms with van der Waals surface area (Å²) in [5.74, 6) is -0.400. The zero-order chi connectivity index (χ0) is 19.1. The van der Waals surface area contributed by atoms with Gasteiger partial charge in [0.1, 0.15) is 6.04 Å². The SMILES string of the molecule is Cc1cc(C)c(N2CCC(NC(=O)c3n[nH]c4ccccc34)C2=O)c(C)c1. The molecule has 1 fully saturated rings. The highest BCUT2D eigenvalue weighted by Gasteiger charge is 2.35. The molecule has 1 aromatic heterocycles. The zero-order valence-corrected chi connectivity index (χ0v) is 15.7. The topological polar surface area (TPSA) is 78.1 Å². The second-order valence-corrected chi connectivity index (χ2v) is 7.17. The van der Waals surface area contributed by atoms with E-state index in [1.807, 2.05) is 45.0 Å². The largest absolute Gasteiger partial charge is 0.339 e. The molecule has 0 saturated carbocycles. The molecule has 2 amide bonds. The molecule has 3 aromatic rings. The third-order valence-electron chi connectivity index (χ3n) is 5.10. The van der Waals surface area contributed by atoms with Crippen molar-refractivity contribution in [1.82, 2.24) is 15.5 Å². The average molecular weight is 362 g/mol. The number of carbonyl (C=O) groups excluding carboxylic acids is 2. The molecule has 2 aromatic carbocycles. The maximum atomic E-state index is 12.9. The Bertz CT molecular complexity index is 1030. The third kappa shape index (κ3) is 2.97. The van der Waals surface area contributed by atoms with Crippen molar-refractivity contribution in [1.29, 1.82) is 0 Å². The van der Waals surface area contributed by atoms with Crippen LogP contribution < -0.4 is 10.2 Å². The van der Waals surface area contributed by atoms with E-state index in [1.165, 1.54) is 5.56 Å². The highest BCUT2D eigenvalue weighted by molar-refractivity contribution is 6.08. The minimum atomic E-state index is -0.534. The Morgan fingerprint density at radius 3 is 2.63 bits per heavy atom. The number of hydrogen-bond acceptors (Lipinski definition) is 3. The van der Waals surface area contributed by atoms with E-state index in [9.17, 15) is 9.59 Å². The molecular formula is C21H22N4O2. The number of hydrogen-bond donors (Lipinski definition) is 2. The normalized spacial score (nSPS) is 16.9. The van der Waals surface area contributed by atoms with Gasteiger partial charge in [0, 0.05) is 17.6 Å². The molecule has 0 bridgehead atoms. The molecule has 6 heteroatoms. The lowest BCUT2D eigenvalue weighted by molar-refractivity contribution is -0.118. The first-order valence-corrected chi connectivity index (χ1v) is 9.09. The first kappa shape index (κ1) is 17.3. The van der Waals surface area contributed by atoms with Gasteiger partial charge in [0.15, 0.2) is 5.69 Å². The van der Waals surface area contributed by atoms with E-state index in [1.54, 1.807) is 4.90 Å². The number of aryl methyl sites for hydroxylation is 3. The molecule has 0 radical (unpaired) electrons. The Hall–Kier alpha value is -3.15. The molecule has 138 valence electrons. The number of rotatable bonds is 3. The Kier molecular flexibility index (Phi) is 4.18. The molecule has 1 saturated heterocycles. The summed E-state index contributed by atoms with van der Waals surface area (Å²) in [6.07, 6.45) is 0.583. The Morgan fingerprint density at radius 2 is 1.89 bits per heavy atom. The molecule has 6 nitrogen and oxygen atoms in total. The third-order valence-corrected chi connectivity index (χ3v) is 5.10. The molecule has 27 heavy (non-hydrogen) atoms. The Morgan fingerprint density at radius 1 is 1.19 bits per heavy atom. The van der Waals surface area contributed by atoms with Gasteiger partial charge in [-0.2, -0.15) is 5.10 Å². The first-order chi connectivity index (χ1) is 13.0. The van der Waals surface area contributed by atoms with Crippen LogP contribution >= 0.6 is 0 Å². The predicted molar refractivity (Wildman–Crippen MR) is 105 cm³/mol. The van der Waals surface area contributed by atoms with E-state index < -0.39 is 6.04 Å². The molecule has 2 N–H and O–H groups in total. The second-order valence-electron chi connectivity index (χ2n) is 7.17. The molecule has 0 spiro atoms. The molecule has 2 heterocycles. The first-order valence-electron chi connectivity index (χ1n) is 9.09. The van der Waals surface area contributed by atoms with Crippen molar-refractivity contribution in [3.63, 3.8) is 0 Å². The zero-order valence-electron chi connectivity index (χ0n) is 15.7. The van der Waals surface area contributed by atoms with Crippen LogP contribution in [0.1, 0.15) is 33.6 Å². The van der Waals surface area contributed by atoms with E-state index in [0.29, 0.717) is 18.7 Å². The number of para-hydroxylation sites is 1. The summed E-state index contributed by atoms with van der Waals surface area (Å²) in [5.41, 5.74) is 5.40. The maximum absolute atomic E-state index is 12.9. The standard InChI is InChI=1S/C21H22N4O2/c1-12-10-13(2)19(14(3)11-12)25-9-8-17(21(25)27)22-20(26)18-15-6-4-5-7-16(15)23-24-18/h4-7,10-11,17H,8-9H2,1-3H3,(H,22,26)(H,23,24).